The average molecular weight is 356 g/mol. The van der Waals surface area contributed by atoms with E-state index in [-0.39, 0.29) is 12.5 Å². The summed E-state index contributed by atoms with van der Waals surface area (Å²) in [4.78, 5) is 26.0. The summed E-state index contributed by atoms with van der Waals surface area (Å²) in [5, 5.41) is 0.564. The van der Waals surface area contributed by atoms with Gasteiger partial charge >= 0.3 is 5.97 Å². The van der Waals surface area contributed by atoms with Crippen LogP contribution in [-0.4, -0.2) is 25.0 Å². The molecule has 25 heavy (non-hydrogen) atoms. The predicted molar refractivity (Wildman–Crippen MR) is 98.6 cm³/mol. The Morgan fingerprint density at radius 1 is 1.16 bits per heavy atom. The van der Waals surface area contributed by atoms with Gasteiger partial charge in [-0.25, -0.2) is 4.79 Å². The molecular weight excluding hydrogens is 338 g/mol. The molecule has 1 aliphatic rings. The van der Waals surface area contributed by atoms with Crippen molar-refractivity contribution >= 4 is 34.7 Å². The Balaban J connectivity index is 1.60. The quantitative estimate of drug-likeness (QED) is 0.617. The van der Waals surface area contributed by atoms with E-state index >= 15 is 0 Å². The molecule has 0 radical (unpaired) electrons. The number of nitrogens with zero attached hydrogens (tertiary/aromatic N) is 1. The molecule has 4 nitrogen and oxygen atoms in total. The summed E-state index contributed by atoms with van der Waals surface area (Å²) >= 11 is 6.11. The Morgan fingerprint density at radius 3 is 2.68 bits per heavy atom. The molecule has 128 valence electrons. The number of carbonyl (C=O) groups is 2. The minimum absolute atomic E-state index is 0.220. The van der Waals surface area contributed by atoms with Crippen LogP contribution in [0.5, 0.6) is 0 Å². The fourth-order valence-corrected chi connectivity index (χ4v) is 3.17. The highest BCUT2D eigenvalue weighted by atomic mass is 35.5. The van der Waals surface area contributed by atoms with Crippen LogP contribution in [0.15, 0.2) is 54.6 Å². The number of allylic oxidation sites excluding steroid dienone is 1. The second-order valence-corrected chi connectivity index (χ2v) is 6.25. The number of carbonyl (C=O) groups excluding carboxylic acids is 2. The number of halogens is 1. The summed E-state index contributed by atoms with van der Waals surface area (Å²) in [6.07, 6.45) is 2.17. The minimum atomic E-state index is -0.557. The summed E-state index contributed by atoms with van der Waals surface area (Å²) in [6.45, 7) is 2.12. The summed E-state index contributed by atoms with van der Waals surface area (Å²) in [5.74, 6) is -0.777. The van der Waals surface area contributed by atoms with E-state index in [2.05, 4.69) is 0 Å². The van der Waals surface area contributed by atoms with Crippen molar-refractivity contribution in [1.82, 2.24) is 0 Å². The third-order valence-corrected chi connectivity index (χ3v) is 4.49. The van der Waals surface area contributed by atoms with Gasteiger partial charge in [0, 0.05) is 23.3 Å². The molecule has 0 saturated carbocycles. The summed E-state index contributed by atoms with van der Waals surface area (Å²) in [6, 6.07) is 15.0. The number of esters is 1. The van der Waals surface area contributed by atoms with Crippen LogP contribution in [0.2, 0.25) is 5.02 Å². The molecule has 1 aliphatic heterocycles. The van der Waals surface area contributed by atoms with Crippen molar-refractivity contribution in [2.24, 2.45) is 0 Å². The standard InChI is InChI=1S/C20H18ClNO3/c1-14(16-7-3-4-8-17(16)21)12-20(24)25-13-19(23)22-11-10-15-6-2-5-9-18(15)22/h2-9,12H,10-11,13H2,1H3/b14-12-. The zero-order valence-electron chi connectivity index (χ0n) is 13.9. The number of hydrogen-bond donors (Lipinski definition) is 0. The molecule has 0 aliphatic carbocycles. The highest BCUT2D eigenvalue weighted by molar-refractivity contribution is 6.32. The van der Waals surface area contributed by atoms with Gasteiger partial charge in [-0.2, -0.15) is 0 Å². The average Bonchev–Trinajstić information content (AvgIpc) is 3.04. The number of hydrogen-bond acceptors (Lipinski definition) is 3. The molecule has 0 spiro atoms. The van der Waals surface area contributed by atoms with Gasteiger partial charge in [0.1, 0.15) is 0 Å². The molecule has 0 atom stereocenters. The first-order chi connectivity index (χ1) is 12.1. The molecular formula is C20H18ClNO3. The van der Waals surface area contributed by atoms with Gasteiger partial charge in [0.2, 0.25) is 0 Å². The number of para-hydroxylation sites is 1. The number of rotatable bonds is 4. The maximum atomic E-state index is 12.3. The zero-order chi connectivity index (χ0) is 17.8. The van der Waals surface area contributed by atoms with Gasteiger partial charge in [-0.15, -0.1) is 0 Å². The molecule has 1 heterocycles. The van der Waals surface area contributed by atoms with Gasteiger partial charge < -0.3 is 9.64 Å². The van der Waals surface area contributed by atoms with E-state index in [4.69, 9.17) is 16.3 Å². The maximum Gasteiger partial charge on any atom is 0.331 e. The summed E-state index contributed by atoms with van der Waals surface area (Å²) in [7, 11) is 0. The smallest absolute Gasteiger partial charge is 0.331 e. The van der Waals surface area contributed by atoms with Crippen LogP contribution in [0.1, 0.15) is 18.1 Å². The molecule has 0 N–H and O–H groups in total. The number of fused-ring (bicyclic) bond motifs is 1. The number of anilines is 1. The van der Waals surface area contributed by atoms with Crippen molar-refractivity contribution in [3.8, 4) is 0 Å². The van der Waals surface area contributed by atoms with Crippen LogP contribution in [-0.2, 0) is 20.7 Å². The molecule has 3 rings (SSSR count). The first-order valence-corrected chi connectivity index (χ1v) is 8.42. The van der Waals surface area contributed by atoms with E-state index < -0.39 is 5.97 Å². The van der Waals surface area contributed by atoms with E-state index in [1.165, 1.54) is 6.08 Å². The van der Waals surface area contributed by atoms with E-state index in [9.17, 15) is 9.59 Å². The van der Waals surface area contributed by atoms with Crippen LogP contribution in [0.4, 0.5) is 5.69 Å². The zero-order valence-corrected chi connectivity index (χ0v) is 14.6. The second kappa shape index (κ2) is 7.53. The van der Waals surface area contributed by atoms with Crippen molar-refractivity contribution in [3.63, 3.8) is 0 Å². The number of benzene rings is 2. The van der Waals surface area contributed by atoms with Gasteiger partial charge in [-0.1, -0.05) is 48.0 Å². The molecule has 0 fully saturated rings. The van der Waals surface area contributed by atoms with Crippen molar-refractivity contribution in [3.05, 3.63) is 70.8 Å². The molecule has 2 aromatic carbocycles. The van der Waals surface area contributed by atoms with Crippen LogP contribution >= 0.6 is 11.6 Å². The fraction of sp³-hybridized carbons (Fsp3) is 0.200. The molecule has 1 amide bonds. The van der Waals surface area contributed by atoms with Crippen LogP contribution in [0.3, 0.4) is 0 Å². The van der Waals surface area contributed by atoms with Crippen molar-refractivity contribution in [1.29, 1.82) is 0 Å². The van der Waals surface area contributed by atoms with Gasteiger partial charge in [0.25, 0.3) is 5.91 Å². The Morgan fingerprint density at radius 2 is 1.88 bits per heavy atom. The Hall–Kier alpha value is -2.59. The molecule has 0 bridgehead atoms. The van der Waals surface area contributed by atoms with Crippen molar-refractivity contribution in [2.45, 2.75) is 13.3 Å². The van der Waals surface area contributed by atoms with Gasteiger partial charge in [-0.05, 0) is 42.2 Å². The van der Waals surface area contributed by atoms with Crippen molar-refractivity contribution in [2.75, 3.05) is 18.1 Å². The summed E-state index contributed by atoms with van der Waals surface area (Å²) < 4.78 is 5.11. The predicted octanol–water partition coefficient (Wildman–Crippen LogP) is 3.88. The third-order valence-electron chi connectivity index (χ3n) is 4.16. The molecule has 5 heteroatoms. The molecule has 0 unspecified atom stereocenters. The van der Waals surface area contributed by atoms with Gasteiger partial charge in [-0.3, -0.25) is 4.79 Å². The van der Waals surface area contributed by atoms with Crippen LogP contribution < -0.4 is 4.90 Å². The Kier molecular flexibility index (Phi) is 5.19. The Bertz CT molecular complexity index is 844. The first-order valence-electron chi connectivity index (χ1n) is 8.04. The molecule has 0 aromatic heterocycles. The molecule has 2 aromatic rings. The summed E-state index contributed by atoms with van der Waals surface area (Å²) in [5.41, 5.74) is 3.48. The van der Waals surface area contributed by atoms with E-state index in [0.717, 1.165) is 23.2 Å². The van der Waals surface area contributed by atoms with Gasteiger partial charge in [0.15, 0.2) is 6.61 Å². The van der Waals surface area contributed by atoms with Crippen LogP contribution in [0, 0.1) is 0 Å². The highest BCUT2D eigenvalue weighted by Crippen LogP contribution is 2.27. The normalized spacial score (nSPS) is 13.5. The lowest BCUT2D eigenvalue weighted by molar-refractivity contribution is -0.142. The Labute approximate surface area is 151 Å². The highest BCUT2D eigenvalue weighted by Gasteiger charge is 2.24. The number of ether oxygens (including phenoxy) is 1. The lowest BCUT2D eigenvalue weighted by atomic mass is 10.1. The van der Waals surface area contributed by atoms with E-state index in [0.29, 0.717) is 17.1 Å². The van der Waals surface area contributed by atoms with Gasteiger partial charge in [0.05, 0.1) is 0 Å². The fourth-order valence-electron chi connectivity index (χ4n) is 2.89. The third kappa shape index (κ3) is 3.91. The van der Waals surface area contributed by atoms with E-state index in [1.54, 1.807) is 17.9 Å². The molecule has 0 saturated heterocycles. The lowest BCUT2D eigenvalue weighted by Gasteiger charge is -2.16. The van der Waals surface area contributed by atoms with Crippen molar-refractivity contribution < 1.29 is 14.3 Å². The second-order valence-electron chi connectivity index (χ2n) is 5.84. The minimum Gasteiger partial charge on any atom is -0.452 e. The number of amides is 1. The lowest BCUT2D eigenvalue weighted by Crippen LogP contribution is -2.33. The topological polar surface area (TPSA) is 46.6 Å². The monoisotopic (exact) mass is 355 g/mol. The SMILES string of the molecule is C/C(=C/C(=O)OCC(=O)N1CCc2ccccc21)c1ccccc1Cl. The largest absolute Gasteiger partial charge is 0.452 e. The van der Waals surface area contributed by atoms with Crippen LogP contribution in [0.25, 0.3) is 5.57 Å². The van der Waals surface area contributed by atoms with E-state index in [1.807, 2.05) is 42.5 Å². The maximum absolute atomic E-state index is 12.3. The first kappa shape index (κ1) is 17.2.